The van der Waals surface area contributed by atoms with E-state index in [1.165, 1.54) is 10.8 Å². The minimum atomic E-state index is 0.457. The fraction of sp³-hybridized carbons (Fsp3) is 0.0800. The molecule has 0 saturated carbocycles. The number of fused-ring (bicyclic) bond motifs is 1. The van der Waals surface area contributed by atoms with E-state index in [4.69, 9.17) is 16.3 Å². The standard InChI is InChI=1S/C25H18Br2ClNO/c1-16-9-10-21(28)13-24(16)29-14-19-11-20(26)12-23(27)25(19)30-15-18-7-4-6-17-5-2-3-8-22(17)18/h2-14H,15H2,1H3. The highest BCUT2D eigenvalue weighted by molar-refractivity contribution is 9.11. The number of hydrogen-bond acceptors (Lipinski definition) is 2. The van der Waals surface area contributed by atoms with Crippen molar-refractivity contribution in [2.45, 2.75) is 13.5 Å². The Hall–Kier alpha value is -2.14. The summed E-state index contributed by atoms with van der Waals surface area (Å²) in [5, 5.41) is 3.06. The Bertz CT molecular complexity index is 1250. The second kappa shape index (κ2) is 9.34. The minimum Gasteiger partial charge on any atom is -0.487 e. The maximum atomic E-state index is 6.27. The van der Waals surface area contributed by atoms with Crippen LogP contribution in [-0.2, 0) is 6.61 Å². The molecule has 4 rings (SSSR count). The van der Waals surface area contributed by atoms with Crippen LogP contribution in [0, 0.1) is 6.92 Å². The van der Waals surface area contributed by atoms with Crippen LogP contribution in [0.15, 0.2) is 86.7 Å². The number of halogens is 3. The van der Waals surface area contributed by atoms with Crippen LogP contribution in [0.3, 0.4) is 0 Å². The first-order chi connectivity index (χ1) is 14.5. The molecule has 2 nitrogen and oxygen atoms in total. The Labute approximate surface area is 197 Å². The van der Waals surface area contributed by atoms with E-state index in [-0.39, 0.29) is 0 Å². The van der Waals surface area contributed by atoms with Crippen molar-refractivity contribution in [2.24, 2.45) is 4.99 Å². The topological polar surface area (TPSA) is 21.6 Å². The predicted molar refractivity (Wildman–Crippen MR) is 134 cm³/mol. The summed E-state index contributed by atoms with van der Waals surface area (Å²) >= 11 is 13.3. The van der Waals surface area contributed by atoms with Gasteiger partial charge in [-0.05, 0) is 69.0 Å². The highest BCUT2D eigenvalue weighted by atomic mass is 79.9. The van der Waals surface area contributed by atoms with Gasteiger partial charge in [-0.3, -0.25) is 4.99 Å². The predicted octanol–water partition coefficient (Wildman–Crippen LogP) is 8.66. The van der Waals surface area contributed by atoms with Crippen LogP contribution in [0.2, 0.25) is 5.02 Å². The molecule has 4 aromatic rings. The molecule has 0 atom stereocenters. The normalized spacial score (nSPS) is 11.3. The van der Waals surface area contributed by atoms with Crippen molar-refractivity contribution in [3.63, 3.8) is 0 Å². The van der Waals surface area contributed by atoms with Gasteiger partial charge in [-0.1, -0.05) is 76.1 Å². The van der Waals surface area contributed by atoms with Crippen LogP contribution in [-0.4, -0.2) is 6.21 Å². The van der Waals surface area contributed by atoms with E-state index < -0.39 is 0 Å². The van der Waals surface area contributed by atoms with Gasteiger partial charge in [-0.25, -0.2) is 0 Å². The lowest BCUT2D eigenvalue weighted by Gasteiger charge is -2.13. The maximum Gasteiger partial charge on any atom is 0.142 e. The zero-order valence-corrected chi connectivity index (χ0v) is 20.1. The van der Waals surface area contributed by atoms with Gasteiger partial charge in [0.05, 0.1) is 10.2 Å². The van der Waals surface area contributed by atoms with Crippen LogP contribution >= 0.6 is 43.5 Å². The van der Waals surface area contributed by atoms with Crippen molar-refractivity contribution in [1.82, 2.24) is 0 Å². The second-order valence-corrected chi connectivity index (χ2v) is 9.13. The second-order valence-electron chi connectivity index (χ2n) is 6.92. The summed E-state index contributed by atoms with van der Waals surface area (Å²) in [5.41, 5.74) is 3.90. The molecular formula is C25H18Br2ClNO. The summed E-state index contributed by atoms with van der Waals surface area (Å²) in [6, 6.07) is 24.2. The fourth-order valence-electron chi connectivity index (χ4n) is 3.26. The monoisotopic (exact) mass is 541 g/mol. The highest BCUT2D eigenvalue weighted by Gasteiger charge is 2.11. The zero-order chi connectivity index (χ0) is 21.1. The summed E-state index contributed by atoms with van der Waals surface area (Å²) < 4.78 is 8.08. The van der Waals surface area contributed by atoms with Gasteiger partial charge in [0.1, 0.15) is 12.4 Å². The molecule has 0 unspecified atom stereocenters. The van der Waals surface area contributed by atoms with Gasteiger partial charge in [-0.15, -0.1) is 0 Å². The number of hydrogen-bond donors (Lipinski definition) is 0. The Morgan fingerprint density at radius 3 is 2.63 bits per heavy atom. The summed E-state index contributed by atoms with van der Waals surface area (Å²) in [7, 11) is 0. The van der Waals surface area contributed by atoms with Gasteiger partial charge in [0.25, 0.3) is 0 Å². The first kappa shape index (κ1) is 21.1. The van der Waals surface area contributed by atoms with Crippen molar-refractivity contribution in [1.29, 1.82) is 0 Å². The van der Waals surface area contributed by atoms with E-state index in [0.29, 0.717) is 11.6 Å². The van der Waals surface area contributed by atoms with Gasteiger partial charge < -0.3 is 4.74 Å². The van der Waals surface area contributed by atoms with Crippen molar-refractivity contribution < 1.29 is 4.74 Å². The molecule has 0 aliphatic carbocycles. The number of ether oxygens (including phenoxy) is 1. The van der Waals surface area contributed by atoms with Crippen LogP contribution in [0.4, 0.5) is 5.69 Å². The molecule has 0 saturated heterocycles. The molecule has 0 fully saturated rings. The zero-order valence-electron chi connectivity index (χ0n) is 16.2. The van der Waals surface area contributed by atoms with Gasteiger partial charge in [0.2, 0.25) is 0 Å². The molecule has 0 aromatic heterocycles. The molecule has 0 amide bonds. The lowest BCUT2D eigenvalue weighted by atomic mass is 10.1. The van der Waals surface area contributed by atoms with Crippen LogP contribution in [0.25, 0.3) is 10.8 Å². The third-order valence-corrected chi connectivity index (χ3v) is 6.08. The number of rotatable bonds is 5. The summed E-state index contributed by atoms with van der Waals surface area (Å²) in [4.78, 5) is 4.65. The van der Waals surface area contributed by atoms with E-state index >= 15 is 0 Å². The van der Waals surface area contributed by atoms with E-state index in [1.807, 2.05) is 55.6 Å². The Morgan fingerprint density at radius 1 is 0.967 bits per heavy atom. The first-order valence-electron chi connectivity index (χ1n) is 9.40. The Balaban J connectivity index is 1.66. The first-order valence-corrected chi connectivity index (χ1v) is 11.4. The lowest BCUT2D eigenvalue weighted by molar-refractivity contribution is 0.305. The molecule has 0 aliphatic rings. The summed E-state index contributed by atoms with van der Waals surface area (Å²) in [5.74, 6) is 0.745. The minimum absolute atomic E-state index is 0.457. The lowest BCUT2D eigenvalue weighted by Crippen LogP contribution is -2.00. The van der Waals surface area contributed by atoms with Crippen molar-refractivity contribution >= 4 is 66.1 Å². The maximum absolute atomic E-state index is 6.27. The number of aliphatic imine (C=N–C) groups is 1. The third kappa shape index (κ3) is 4.77. The number of nitrogens with zero attached hydrogens (tertiary/aromatic N) is 1. The molecule has 0 aliphatic heterocycles. The van der Waals surface area contributed by atoms with Gasteiger partial charge in [0, 0.05) is 21.3 Å². The number of aryl methyl sites for hydroxylation is 1. The van der Waals surface area contributed by atoms with Crippen molar-refractivity contribution in [3.8, 4) is 5.75 Å². The van der Waals surface area contributed by atoms with Gasteiger partial charge in [0.15, 0.2) is 0 Å². The van der Waals surface area contributed by atoms with Crippen LogP contribution in [0.5, 0.6) is 5.75 Å². The van der Waals surface area contributed by atoms with Gasteiger partial charge in [-0.2, -0.15) is 0 Å². The molecule has 30 heavy (non-hydrogen) atoms. The summed E-state index contributed by atoms with van der Waals surface area (Å²) in [6.07, 6.45) is 1.81. The third-order valence-electron chi connectivity index (χ3n) is 4.80. The van der Waals surface area contributed by atoms with E-state index in [2.05, 4.69) is 67.2 Å². The van der Waals surface area contributed by atoms with Gasteiger partial charge >= 0.3 is 0 Å². The molecule has 150 valence electrons. The van der Waals surface area contributed by atoms with E-state index in [9.17, 15) is 0 Å². The average molecular weight is 544 g/mol. The van der Waals surface area contributed by atoms with Crippen molar-refractivity contribution in [2.75, 3.05) is 0 Å². The largest absolute Gasteiger partial charge is 0.487 e. The molecular weight excluding hydrogens is 526 g/mol. The quantitative estimate of drug-likeness (QED) is 0.231. The number of benzene rings is 4. The molecule has 0 spiro atoms. The van der Waals surface area contributed by atoms with Crippen molar-refractivity contribution in [3.05, 3.63) is 103 Å². The van der Waals surface area contributed by atoms with E-state index in [1.54, 1.807) is 0 Å². The Morgan fingerprint density at radius 2 is 1.77 bits per heavy atom. The Kier molecular flexibility index (Phi) is 6.57. The summed E-state index contributed by atoms with van der Waals surface area (Å²) in [6.45, 7) is 2.47. The smallest absolute Gasteiger partial charge is 0.142 e. The fourth-order valence-corrected chi connectivity index (χ4v) is 4.80. The molecule has 0 N–H and O–H groups in total. The molecule has 0 bridgehead atoms. The average Bonchev–Trinajstić information content (AvgIpc) is 2.73. The van der Waals surface area contributed by atoms with E-state index in [0.717, 1.165) is 37.1 Å². The van der Waals surface area contributed by atoms with Crippen LogP contribution in [0.1, 0.15) is 16.7 Å². The molecule has 0 heterocycles. The SMILES string of the molecule is Cc1ccc(Cl)cc1N=Cc1cc(Br)cc(Br)c1OCc1cccc2ccccc12. The molecule has 0 radical (unpaired) electrons. The van der Waals surface area contributed by atoms with Crippen LogP contribution < -0.4 is 4.74 Å². The molecule has 5 heteroatoms. The molecule has 4 aromatic carbocycles. The highest BCUT2D eigenvalue weighted by Crippen LogP contribution is 2.34.